The van der Waals surface area contributed by atoms with Crippen LogP contribution in [0, 0.1) is 0 Å². The smallest absolute Gasteiger partial charge is 0.00538 e. The Morgan fingerprint density at radius 2 is 1.85 bits per heavy atom. The van der Waals surface area contributed by atoms with E-state index in [-0.39, 0.29) is 5.41 Å². The van der Waals surface area contributed by atoms with Crippen LogP contribution in [-0.4, -0.2) is 0 Å². The van der Waals surface area contributed by atoms with E-state index in [4.69, 9.17) is 0 Å². The van der Waals surface area contributed by atoms with Crippen LogP contribution in [0.1, 0.15) is 44.2 Å². The van der Waals surface area contributed by atoms with Crippen molar-refractivity contribution in [3.8, 4) is 0 Å². The summed E-state index contributed by atoms with van der Waals surface area (Å²) in [5.74, 6) is 0. The zero-order chi connectivity index (χ0) is 13.7. The zero-order valence-corrected chi connectivity index (χ0v) is 12.2. The fourth-order valence-electron chi connectivity index (χ4n) is 4.02. The maximum atomic E-state index is 2.40. The summed E-state index contributed by atoms with van der Waals surface area (Å²) in [4.78, 5) is 0. The Morgan fingerprint density at radius 1 is 1.00 bits per heavy atom. The van der Waals surface area contributed by atoms with Gasteiger partial charge < -0.3 is 0 Å². The fourth-order valence-corrected chi connectivity index (χ4v) is 4.02. The molecule has 0 saturated heterocycles. The van der Waals surface area contributed by atoms with E-state index < -0.39 is 0 Å². The maximum absolute atomic E-state index is 2.40. The first-order chi connectivity index (χ1) is 9.67. The van der Waals surface area contributed by atoms with Gasteiger partial charge in [-0.3, -0.25) is 0 Å². The van der Waals surface area contributed by atoms with Crippen molar-refractivity contribution in [2.24, 2.45) is 0 Å². The number of fused-ring (bicyclic) bond motifs is 4. The lowest BCUT2D eigenvalue weighted by Gasteiger charge is -2.37. The molecule has 2 aliphatic carbocycles. The molecule has 0 aliphatic heterocycles. The number of benzene rings is 2. The minimum Gasteiger partial charge on any atom is -0.0836 e. The minimum atomic E-state index is 0.236. The van der Waals surface area contributed by atoms with E-state index in [0.717, 1.165) is 0 Å². The van der Waals surface area contributed by atoms with Gasteiger partial charge in [0.2, 0.25) is 0 Å². The molecule has 0 N–H and O–H groups in total. The van der Waals surface area contributed by atoms with Gasteiger partial charge in [-0.15, -0.1) is 0 Å². The van der Waals surface area contributed by atoms with E-state index in [9.17, 15) is 0 Å². The Labute approximate surface area is 120 Å². The van der Waals surface area contributed by atoms with Crippen LogP contribution in [-0.2, 0) is 5.41 Å². The molecule has 0 heterocycles. The van der Waals surface area contributed by atoms with E-state index in [0.29, 0.717) is 0 Å². The summed E-state index contributed by atoms with van der Waals surface area (Å²) in [5.41, 5.74) is 6.39. The van der Waals surface area contributed by atoms with Crippen LogP contribution < -0.4 is 0 Å². The van der Waals surface area contributed by atoms with Gasteiger partial charge in [0.25, 0.3) is 0 Å². The topological polar surface area (TPSA) is 0 Å². The van der Waals surface area contributed by atoms with Gasteiger partial charge in [0, 0.05) is 0 Å². The molecule has 100 valence electrons. The number of rotatable bonds is 0. The van der Waals surface area contributed by atoms with E-state index in [1.807, 2.05) is 0 Å². The van der Waals surface area contributed by atoms with Crippen LogP contribution in [0.15, 0.2) is 54.1 Å². The molecule has 0 unspecified atom stereocenters. The molecule has 20 heavy (non-hydrogen) atoms. The van der Waals surface area contributed by atoms with Gasteiger partial charge in [-0.05, 0) is 52.1 Å². The Kier molecular flexibility index (Phi) is 2.44. The van der Waals surface area contributed by atoms with E-state index in [2.05, 4.69) is 62.4 Å². The lowest BCUT2D eigenvalue weighted by molar-refractivity contribution is 0.507. The monoisotopic (exact) mass is 260 g/mol. The van der Waals surface area contributed by atoms with Crippen molar-refractivity contribution in [3.05, 3.63) is 65.3 Å². The molecule has 2 aromatic carbocycles. The summed E-state index contributed by atoms with van der Waals surface area (Å²) < 4.78 is 0. The lowest BCUT2D eigenvalue weighted by Crippen LogP contribution is -2.25. The van der Waals surface area contributed by atoms with Gasteiger partial charge in [0.05, 0.1) is 0 Å². The third-order valence-corrected chi connectivity index (χ3v) is 4.83. The Balaban J connectivity index is 2.10. The van der Waals surface area contributed by atoms with E-state index in [1.54, 1.807) is 11.1 Å². The molecule has 0 spiro atoms. The second-order valence-corrected chi connectivity index (χ2v) is 6.73. The normalized spacial score (nSPS) is 19.9. The molecule has 0 heteroatoms. The van der Waals surface area contributed by atoms with Crippen molar-refractivity contribution in [3.63, 3.8) is 0 Å². The molecular weight excluding hydrogens is 240 g/mol. The maximum Gasteiger partial charge on any atom is -0.00538 e. The average Bonchev–Trinajstić information content (AvgIpc) is 2.46. The van der Waals surface area contributed by atoms with Crippen molar-refractivity contribution in [1.29, 1.82) is 0 Å². The van der Waals surface area contributed by atoms with Crippen molar-refractivity contribution in [1.82, 2.24) is 0 Å². The molecule has 2 aromatic rings. The highest BCUT2D eigenvalue weighted by Crippen LogP contribution is 2.48. The summed E-state index contributed by atoms with van der Waals surface area (Å²) in [6.07, 6.45) is 8.32. The molecule has 0 nitrogen and oxygen atoms in total. The molecule has 2 aliphatic rings. The standard InChI is InChI=1S/C20H20/c1-20(2)13-15-8-4-5-9-16(15)18-12-11-14-7-3-6-10-17(14)19(18)20/h3,5-7,9-12H,4,8,13H2,1-2H3. The first-order valence-electron chi connectivity index (χ1n) is 7.58. The van der Waals surface area contributed by atoms with Crippen molar-refractivity contribution in [2.75, 3.05) is 0 Å². The lowest BCUT2D eigenvalue weighted by atomic mass is 9.67. The van der Waals surface area contributed by atoms with Crippen molar-refractivity contribution < 1.29 is 0 Å². The Morgan fingerprint density at radius 3 is 2.75 bits per heavy atom. The van der Waals surface area contributed by atoms with Crippen molar-refractivity contribution in [2.45, 2.75) is 38.5 Å². The quantitative estimate of drug-likeness (QED) is 0.576. The Bertz CT molecular complexity index is 757. The molecule has 0 bridgehead atoms. The first-order valence-corrected chi connectivity index (χ1v) is 7.58. The Hall–Kier alpha value is -1.82. The SMILES string of the molecule is CC1(C)CC2=C(C=CCC2)c2ccc3ccccc3c21. The average molecular weight is 260 g/mol. The largest absolute Gasteiger partial charge is 0.0836 e. The third-order valence-electron chi connectivity index (χ3n) is 4.83. The highest BCUT2D eigenvalue weighted by Gasteiger charge is 2.33. The summed E-state index contributed by atoms with van der Waals surface area (Å²) >= 11 is 0. The highest BCUT2D eigenvalue weighted by molar-refractivity contribution is 5.95. The molecular formula is C20H20. The molecule has 0 amide bonds. The van der Waals surface area contributed by atoms with Crippen LogP contribution in [0.4, 0.5) is 0 Å². The minimum absolute atomic E-state index is 0.236. The van der Waals surface area contributed by atoms with Crippen LogP contribution in [0.5, 0.6) is 0 Å². The number of allylic oxidation sites excluding steroid dienone is 4. The zero-order valence-electron chi connectivity index (χ0n) is 12.2. The molecule has 0 fully saturated rings. The predicted molar refractivity (Wildman–Crippen MR) is 86.9 cm³/mol. The molecule has 0 saturated carbocycles. The van der Waals surface area contributed by atoms with Gasteiger partial charge in [0.15, 0.2) is 0 Å². The summed E-state index contributed by atoms with van der Waals surface area (Å²) in [6, 6.07) is 13.4. The van der Waals surface area contributed by atoms with Crippen LogP contribution in [0.2, 0.25) is 0 Å². The van der Waals surface area contributed by atoms with Crippen LogP contribution in [0.3, 0.4) is 0 Å². The summed E-state index contributed by atoms with van der Waals surface area (Å²) in [5, 5.41) is 2.80. The number of hydrogen-bond acceptors (Lipinski definition) is 0. The van der Waals surface area contributed by atoms with Crippen LogP contribution in [0.25, 0.3) is 16.3 Å². The molecule has 0 radical (unpaired) electrons. The molecule has 4 rings (SSSR count). The van der Waals surface area contributed by atoms with Gasteiger partial charge >= 0.3 is 0 Å². The van der Waals surface area contributed by atoms with Gasteiger partial charge in [-0.2, -0.15) is 0 Å². The summed E-state index contributed by atoms with van der Waals surface area (Å²) in [7, 11) is 0. The molecule has 0 aromatic heterocycles. The van der Waals surface area contributed by atoms with E-state index in [1.165, 1.54) is 41.2 Å². The fraction of sp³-hybridized carbons (Fsp3) is 0.300. The van der Waals surface area contributed by atoms with Gasteiger partial charge in [-0.25, -0.2) is 0 Å². The van der Waals surface area contributed by atoms with Crippen molar-refractivity contribution >= 4 is 16.3 Å². The van der Waals surface area contributed by atoms with Gasteiger partial charge in [-0.1, -0.05) is 68.0 Å². The second kappa shape index (κ2) is 4.09. The summed E-state index contributed by atoms with van der Waals surface area (Å²) in [6.45, 7) is 4.81. The third kappa shape index (κ3) is 1.61. The second-order valence-electron chi connectivity index (χ2n) is 6.73. The van der Waals surface area contributed by atoms with Gasteiger partial charge in [0.1, 0.15) is 0 Å². The predicted octanol–water partition coefficient (Wildman–Crippen LogP) is 5.62. The van der Waals surface area contributed by atoms with E-state index >= 15 is 0 Å². The van der Waals surface area contributed by atoms with Crippen LogP contribution >= 0.6 is 0 Å². The highest BCUT2D eigenvalue weighted by atomic mass is 14.4. The first kappa shape index (κ1) is 12.0. The molecule has 0 atom stereocenters. The number of hydrogen-bond donors (Lipinski definition) is 0.